The molecule has 1 aliphatic heterocycles. The molecule has 2 heterocycles. The smallest absolute Gasteiger partial charge is 0.159 e. The van der Waals surface area contributed by atoms with Gasteiger partial charge in [-0.3, -0.25) is 0 Å². The number of aromatic nitrogens is 1. The molecule has 140 valence electrons. The molecular formula is C23H24F2N2. The van der Waals surface area contributed by atoms with E-state index in [1.165, 1.54) is 39.9 Å². The van der Waals surface area contributed by atoms with Gasteiger partial charge in [0.05, 0.1) is 5.52 Å². The number of nitrogens with zero attached hydrogens (tertiary/aromatic N) is 2. The fourth-order valence-corrected chi connectivity index (χ4v) is 3.97. The van der Waals surface area contributed by atoms with Gasteiger partial charge >= 0.3 is 0 Å². The van der Waals surface area contributed by atoms with E-state index in [4.69, 9.17) is 0 Å². The second-order valence-electron chi connectivity index (χ2n) is 7.56. The minimum atomic E-state index is -0.814. The first-order chi connectivity index (χ1) is 12.9. The highest BCUT2D eigenvalue weighted by Gasteiger charge is 2.20. The van der Waals surface area contributed by atoms with Crippen LogP contribution in [0, 0.1) is 18.6 Å². The van der Waals surface area contributed by atoms with Gasteiger partial charge in [0.1, 0.15) is 0 Å². The first kappa shape index (κ1) is 17.9. The Hall–Kier alpha value is -2.46. The highest BCUT2D eigenvalue weighted by molar-refractivity contribution is 5.90. The SMILES string of the molecule is CC(=Cn1c2c(c3cc(C)ccc31)CCN(C)CC2)c1ccc(F)c(F)c1. The largest absolute Gasteiger partial charge is 0.320 e. The van der Waals surface area contributed by atoms with Crippen molar-refractivity contribution in [2.24, 2.45) is 0 Å². The maximum Gasteiger partial charge on any atom is 0.159 e. The normalized spacial score (nSPS) is 15.8. The van der Waals surface area contributed by atoms with E-state index >= 15 is 0 Å². The highest BCUT2D eigenvalue weighted by Crippen LogP contribution is 2.31. The minimum Gasteiger partial charge on any atom is -0.320 e. The van der Waals surface area contributed by atoms with Crippen LogP contribution in [0.25, 0.3) is 22.7 Å². The maximum atomic E-state index is 13.7. The molecule has 0 atom stereocenters. The fourth-order valence-electron chi connectivity index (χ4n) is 3.97. The van der Waals surface area contributed by atoms with Crippen molar-refractivity contribution in [2.45, 2.75) is 26.7 Å². The van der Waals surface area contributed by atoms with E-state index in [0.717, 1.165) is 31.5 Å². The van der Waals surface area contributed by atoms with Gasteiger partial charge in [0.15, 0.2) is 11.6 Å². The lowest BCUT2D eigenvalue weighted by molar-refractivity contribution is 0.351. The van der Waals surface area contributed by atoms with Crippen LogP contribution < -0.4 is 0 Å². The molecule has 4 heteroatoms. The number of likely N-dealkylation sites (N-methyl/N-ethyl adjacent to an activating group) is 1. The lowest BCUT2D eigenvalue weighted by atomic mass is 10.1. The Labute approximate surface area is 158 Å². The molecule has 4 rings (SSSR count). The number of rotatable bonds is 2. The van der Waals surface area contributed by atoms with Crippen molar-refractivity contribution < 1.29 is 8.78 Å². The van der Waals surface area contributed by atoms with Crippen molar-refractivity contribution in [3.63, 3.8) is 0 Å². The van der Waals surface area contributed by atoms with Crippen molar-refractivity contribution in [1.29, 1.82) is 0 Å². The van der Waals surface area contributed by atoms with Crippen molar-refractivity contribution in [2.75, 3.05) is 20.1 Å². The minimum absolute atomic E-state index is 0.697. The van der Waals surface area contributed by atoms with Crippen molar-refractivity contribution in [1.82, 2.24) is 9.47 Å². The molecule has 27 heavy (non-hydrogen) atoms. The summed E-state index contributed by atoms with van der Waals surface area (Å²) >= 11 is 0. The van der Waals surface area contributed by atoms with E-state index in [1.807, 2.05) is 6.92 Å². The van der Waals surface area contributed by atoms with Gasteiger partial charge < -0.3 is 9.47 Å². The first-order valence-corrected chi connectivity index (χ1v) is 9.38. The van der Waals surface area contributed by atoms with E-state index in [0.29, 0.717) is 5.56 Å². The van der Waals surface area contributed by atoms with Crippen LogP contribution in [0.2, 0.25) is 0 Å². The van der Waals surface area contributed by atoms with Crippen LogP contribution in [0.1, 0.15) is 29.3 Å². The van der Waals surface area contributed by atoms with Crippen molar-refractivity contribution in [3.05, 3.63) is 70.4 Å². The van der Waals surface area contributed by atoms with Crippen LogP contribution in [-0.2, 0) is 12.8 Å². The number of hydrogen-bond donors (Lipinski definition) is 0. The second kappa shape index (κ2) is 6.93. The number of allylic oxidation sites excluding steroid dienone is 1. The molecule has 0 unspecified atom stereocenters. The molecule has 0 aliphatic carbocycles. The Morgan fingerprint density at radius 2 is 1.78 bits per heavy atom. The van der Waals surface area contributed by atoms with Gasteiger partial charge in [-0.15, -0.1) is 0 Å². The summed E-state index contributed by atoms with van der Waals surface area (Å²) in [5.41, 5.74) is 6.77. The molecule has 0 saturated carbocycles. The van der Waals surface area contributed by atoms with Crippen LogP contribution in [0.15, 0.2) is 36.4 Å². The zero-order chi connectivity index (χ0) is 19.1. The van der Waals surface area contributed by atoms with Gasteiger partial charge in [0.25, 0.3) is 0 Å². The van der Waals surface area contributed by atoms with Gasteiger partial charge in [0, 0.05) is 36.8 Å². The molecule has 0 fully saturated rings. The third-order valence-electron chi connectivity index (χ3n) is 5.55. The zero-order valence-corrected chi connectivity index (χ0v) is 16.0. The maximum absolute atomic E-state index is 13.7. The topological polar surface area (TPSA) is 8.17 Å². The zero-order valence-electron chi connectivity index (χ0n) is 16.0. The van der Waals surface area contributed by atoms with E-state index in [1.54, 1.807) is 6.07 Å². The Morgan fingerprint density at radius 3 is 2.56 bits per heavy atom. The molecule has 0 bridgehead atoms. The van der Waals surface area contributed by atoms with Gasteiger partial charge in [-0.25, -0.2) is 8.78 Å². The first-order valence-electron chi connectivity index (χ1n) is 9.38. The number of aryl methyl sites for hydroxylation is 1. The Bertz CT molecular complexity index is 1050. The summed E-state index contributed by atoms with van der Waals surface area (Å²) < 4.78 is 29.2. The summed E-state index contributed by atoms with van der Waals surface area (Å²) in [4.78, 5) is 2.36. The molecule has 0 amide bonds. The standard InChI is InChI=1S/C23H24F2N2/c1-15-4-7-22-19(12-15)18-8-10-26(3)11-9-23(18)27(22)14-16(2)17-5-6-20(24)21(25)13-17/h4-7,12-14H,8-11H2,1-3H3. The number of hydrogen-bond acceptors (Lipinski definition) is 1. The van der Waals surface area contributed by atoms with E-state index in [2.05, 4.69) is 47.8 Å². The molecule has 1 aliphatic rings. The Kier molecular flexibility index (Phi) is 4.60. The monoisotopic (exact) mass is 366 g/mol. The molecule has 0 spiro atoms. The highest BCUT2D eigenvalue weighted by atomic mass is 19.2. The molecular weight excluding hydrogens is 342 g/mol. The van der Waals surface area contributed by atoms with Crippen molar-refractivity contribution in [3.8, 4) is 0 Å². The van der Waals surface area contributed by atoms with Crippen LogP contribution >= 0.6 is 0 Å². The third-order valence-corrected chi connectivity index (χ3v) is 5.55. The van der Waals surface area contributed by atoms with Crippen LogP contribution in [0.3, 0.4) is 0 Å². The van der Waals surface area contributed by atoms with Crippen LogP contribution in [-0.4, -0.2) is 29.6 Å². The Morgan fingerprint density at radius 1 is 1.00 bits per heavy atom. The summed E-state index contributed by atoms with van der Waals surface area (Å²) in [6.07, 6.45) is 4.06. The summed E-state index contributed by atoms with van der Waals surface area (Å²) in [6.45, 7) is 6.13. The van der Waals surface area contributed by atoms with Crippen molar-refractivity contribution >= 4 is 22.7 Å². The predicted molar refractivity (Wildman–Crippen MR) is 108 cm³/mol. The molecule has 0 saturated heterocycles. The number of halogens is 2. The quantitative estimate of drug-likeness (QED) is 0.599. The summed E-state index contributed by atoms with van der Waals surface area (Å²) in [6, 6.07) is 10.6. The lowest BCUT2D eigenvalue weighted by Gasteiger charge is -2.13. The average Bonchev–Trinajstić information content (AvgIpc) is 2.78. The van der Waals surface area contributed by atoms with E-state index in [-0.39, 0.29) is 0 Å². The van der Waals surface area contributed by atoms with Crippen LogP contribution in [0.4, 0.5) is 8.78 Å². The summed E-state index contributed by atoms with van der Waals surface area (Å²) in [5, 5.41) is 1.30. The van der Waals surface area contributed by atoms with E-state index in [9.17, 15) is 8.78 Å². The van der Waals surface area contributed by atoms with Crippen LogP contribution in [0.5, 0.6) is 0 Å². The lowest BCUT2D eigenvalue weighted by Crippen LogP contribution is -2.21. The third kappa shape index (κ3) is 3.30. The average molecular weight is 366 g/mol. The number of benzene rings is 2. The molecule has 2 aromatic carbocycles. The predicted octanol–water partition coefficient (Wildman–Crippen LogP) is 5.28. The van der Waals surface area contributed by atoms with Gasteiger partial charge in [-0.1, -0.05) is 17.7 Å². The van der Waals surface area contributed by atoms with Gasteiger partial charge in [-0.05, 0) is 68.3 Å². The molecule has 0 N–H and O–H groups in total. The Balaban J connectivity index is 1.89. The number of fused-ring (bicyclic) bond motifs is 3. The molecule has 0 radical (unpaired) electrons. The second-order valence-corrected chi connectivity index (χ2v) is 7.56. The van der Waals surface area contributed by atoms with E-state index < -0.39 is 11.6 Å². The van der Waals surface area contributed by atoms with Gasteiger partial charge in [-0.2, -0.15) is 0 Å². The summed E-state index contributed by atoms with van der Waals surface area (Å²) in [7, 11) is 2.16. The molecule has 3 aromatic rings. The molecule has 1 aromatic heterocycles. The fraction of sp³-hybridized carbons (Fsp3) is 0.304. The molecule has 2 nitrogen and oxygen atoms in total. The summed E-state index contributed by atoms with van der Waals surface area (Å²) in [5.74, 6) is -1.63. The van der Waals surface area contributed by atoms with Gasteiger partial charge in [0.2, 0.25) is 0 Å².